The number of carbonyl (C=O) groups is 2. The second kappa shape index (κ2) is 7.46. The lowest BCUT2D eigenvalue weighted by Crippen LogP contribution is -2.06. The maximum Gasteiger partial charge on any atom is 0.352 e. The van der Waals surface area contributed by atoms with Gasteiger partial charge in [0, 0.05) is 29.8 Å². The summed E-state index contributed by atoms with van der Waals surface area (Å²) in [6, 6.07) is 9.31. The lowest BCUT2D eigenvalue weighted by Gasteiger charge is -2.13. The van der Waals surface area contributed by atoms with Gasteiger partial charge in [0.2, 0.25) is 5.91 Å². The topological polar surface area (TPSA) is 103 Å². The van der Waals surface area contributed by atoms with Crippen LogP contribution in [0.1, 0.15) is 30.3 Å². The first-order valence-electron chi connectivity index (χ1n) is 9.26. The Morgan fingerprint density at radius 2 is 2.00 bits per heavy atom. The summed E-state index contributed by atoms with van der Waals surface area (Å²) >= 11 is 0. The predicted molar refractivity (Wildman–Crippen MR) is 107 cm³/mol. The Morgan fingerprint density at radius 3 is 2.69 bits per heavy atom. The van der Waals surface area contributed by atoms with Gasteiger partial charge in [-0.2, -0.15) is 0 Å². The highest BCUT2D eigenvalue weighted by atomic mass is 19.1. The number of nitrogens with one attached hydrogen (secondary N) is 3. The third kappa shape index (κ3) is 4.31. The van der Waals surface area contributed by atoms with Crippen LogP contribution in [-0.2, 0) is 4.79 Å². The van der Waals surface area contributed by atoms with Crippen LogP contribution in [0.5, 0.6) is 5.75 Å². The van der Waals surface area contributed by atoms with Crippen LogP contribution in [-0.4, -0.2) is 28.6 Å². The van der Waals surface area contributed by atoms with E-state index in [1.807, 2.05) is 0 Å². The molecular weight excluding hydrogens is 377 g/mol. The Kier molecular flexibility index (Phi) is 4.84. The molecule has 0 atom stereocenters. The minimum atomic E-state index is -1.09. The fourth-order valence-corrected chi connectivity index (χ4v) is 3.07. The number of benzene rings is 2. The van der Waals surface area contributed by atoms with E-state index in [-0.39, 0.29) is 17.4 Å². The summed E-state index contributed by atoms with van der Waals surface area (Å²) in [6.45, 7) is 1.88. The van der Waals surface area contributed by atoms with Gasteiger partial charge in [-0.1, -0.05) is 0 Å². The number of fused-ring (bicyclic) bond motifs is 1. The van der Waals surface area contributed by atoms with Crippen molar-refractivity contribution in [3.63, 3.8) is 0 Å². The van der Waals surface area contributed by atoms with Crippen molar-refractivity contribution in [3.05, 3.63) is 47.9 Å². The van der Waals surface area contributed by atoms with Gasteiger partial charge >= 0.3 is 5.97 Å². The van der Waals surface area contributed by atoms with E-state index < -0.39 is 11.8 Å². The third-order valence-electron chi connectivity index (χ3n) is 4.67. The smallest absolute Gasteiger partial charge is 0.352 e. The van der Waals surface area contributed by atoms with Gasteiger partial charge in [0.25, 0.3) is 0 Å². The fourth-order valence-electron chi connectivity index (χ4n) is 3.07. The van der Waals surface area contributed by atoms with Crippen LogP contribution in [0.4, 0.5) is 21.5 Å². The van der Waals surface area contributed by atoms with Crippen molar-refractivity contribution in [1.82, 2.24) is 4.98 Å². The number of ether oxygens (including phenoxy) is 1. The molecule has 1 aliphatic rings. The Labute approximate surface area is 165 Å². The molecule has 0 unspecified atom stereocenters. The molecule has 0 saturated heterocycles. The van der Waals surface area contributed by atoms with Gasteiger partial charge in [-0.15, -0.1) is 0 Å². The molecule has 0 radical (unpaired) electrons. The Bertz CT molecular complexity index is 1100. The highest BCUT2D eigenvalue weighted by Crippen LogP contribution is 2.34. The van der Waals surface area contributed by atoms with E-state index in [2.05, 4.69) is 15.6 Å². The van der Waals surface area contributed by atoms with Crippen molar-refractivity contribution in [1.29, 1.82) is 0 Å². The molecule has 150 valence electrons. The van der Waals surface area contributed by atoms with Gasteiger partial charge < -0.3 is 25.5 Å². The van der Waals surface area contributed by atoms with E-state index in [4.69, 9.17) is 4.74 Å². The second-order valence-corrected chi connectivity index (χ2v) is 7.18. The molecule has 4 N–H and O–H groups in total. The van der Waals surface area contributed by atoms with E-state index in [9.17, 15) is 19.1 Å². The van der Waals surface area contributed by atoms with Crippen LogP contribution >= 0.6 is 0 Å². The van der Waals surface area contributed by atoms with Crippen LogP contribution in [0.3, 0.4) is 0 Å². The molecule has 0 spiro atoms. The van der Waals surface area contributed by atoms with Crippen LogP contribution < -0.4 is 15.4 Å². The molecule has 0 bridgehead atoms. The zero-order chi connectivity index (χ0) is 20.5. The first kappa shape index (κ1) is 18.8. The number of H-pyrrole nitrogens is 1. The Balaban J connectivity index is 1.69. The molecule has 1 amide bonds. The van der Waals surface area contributed by atoms with Crippen LogP contribution in [0.25, 0.3) is 10.9 Å². The number of aromatic carboxylic acids is 1. The summed E-state index contributed by atoms with van der Waals surface area (Å²) < 4.78 is 19.6. The highest BCUT2D eigenvalue weighted by molar-refractivity contribution is 6.03. The number of halogens is 1. The summed E-state index contributed by atoms with van der Waals surface area (Å²) in [4.78, 5) is 25.6. The number of carboxylic acid groups (broad SMARTS) is 1. The van der Waals surface area contributed by atoms with Crippen LogP contribution in [0.2, 0.25) is 0 Å². The molecule has 1 saturated carbocycles. The molecular formula is C21H20FN3O4. The first-order valence-corrected chi connectivity index (χ1v) is 9.26. The summed E-state index contributed by atoms with van der Waals surface area (Å²) in [5.41, 5.74) is 2.21. The number of anilines is 3. The van der Waals surface area contributed by atoms with Gasteiger partial charge in [-0.25, -0.2) is 9.18 Å². The number of aromatic amines is 1. The minimum absolute atomic E-state index is 0.0237. The van der Waals surface area contributed by atoms with Gasteiger partial charge in [-0.05, 0) is 49.1 Å². The number of hydrogen-bond acceptors (Lipinski definition) is 4. The van der Waals surface area contributed by atoms with Gasteiger partial charge in [0.1, 0.15) is 5.69 Å². The number of aromatic nitrogens is 1. The molecule has 1 fully saturated rings. The van der Waals surface area contributed by atoms with E-state index in [0.29, 0.717) is 40.5 Å². The van der Waals surface area contributed by atoms with E-state index in [0.717, 1.165) is 12.8 Å². The summed E-state index contributed by atoms with van der Waals surface area (Å²) in [5.74, 6) is -1.13. The van der Waals surface area contributed by atoms with Crippen LogP contribution in [0.15, 0.2) is 36.4 Å². The molecule has 1 aromatic heterocycles. The summed E-state index contributed by atoms with van der Waals surface area (Å²) in [7, 11) is 0. The van der Waals surface area contributed by atoms with Crippen molar-refractivity contribution in [2.75, 3.05) is 17.2 Å². The largest absolute Gasteiger partial charge is 0.490 e. The maximum absolute atomic E-state index is 14.1. The normalized spacial score (nSPS) is 13.3. The average molecular weight is 397 g/mol. The van der Waals surface area contributed by atoms with Crippen LogP contribution in [0, 0.1) is 11.7 Å². The standard InChI is InChI=1S/C21H20FN3O4/c1-11(26)23-14-6-17(15-9-19(21(27)28)25-18(15)7-14)24-13-4-5-16(22)20(8-13)29-10-12-2-3-12/h4-9,12,24-25H,2-3,10H2,1H3,(H,23,26)(H,27,28). The van der Waals surface area contributed by atoms with Crippen molar-refractivity contribution in [2.24, 2.45) is 5.92 Å². The molecule has 4 rings (SSSR count). The van der Waals surface area contributed by atoms with Gasteiger partial charge in [-0.3, -0.25) is 4.79 Å². The summed E-state index contributed by atoms with van der Waals surface area (Å²) in [5, 5.41) is 15.8. The van der Waals surface area contributed by atoms with Crippen molar-refractivity contribution < 1.29 is 23.8 Å². The highest BCUT2D eigenvalue weighted by Gasteiger charge is 2.22. The lowest BCUT2D eigenvalue weighted by atomic mass is 10.1. The minimum Gasteiger partial charge on any atom is -0.490 e. The quantitative estimate of drug-likeness (QED) is 0.470. The Morgan fingerprint density at radius 1 is 1.21 bits per heavy atom. The van der Waals surface area contributed by atoms with E-state index in [1.54, 1.807) is 24.3 Å². The third-order valence-corrected chi connectivity index (χ3v) is 4.67. The Hall–Kier alpha value is -3.55. The number of amides is 1. The molecule has 29 heavy (non-hydrogen) atoms. The SMILES string of the molecule is CC(=O)Nc1cc(Nc2ccc(F)c(OCC3CC3)c2)c2cc(C(=O)O)[nH]c2c1. The molecule has 7 nitrogen and oxygen atoms in total. The first-order chi connectivity index (χ1) is 13.9. The second-order valence-electron chi connectivity index (χ2n) is 7.18. The van der Waals surface area contributed by atoms with Crippen molar-refractivity contribution in [2.45, 2.75) is 19.8 Å². The maximum atomic E-state index is 14.1. The number of rotatable bonds is 7. The van der Waals surface area contributed by atoms with E-state index in [1.165, 1.54) is 19.1 Å². The number of carbonyl (C=O) groups excluding carboxylic acids is 1. The number of hydrogen-bond donors (Lipinski definition) is 4. The average Bonchev–Trinajstić information content (AvgIpc) is 3.38. The predicted octanol–water partition coefficient (Wildman–Crippen LogP) is 4.50. The zero-order valence-electron chi connectivity index (χ0n) is 15.7. The fraction of sp³-hybridized carbons (Fsp3) is 0.238. The lowest BCUT2D eigenvalue weighted by molar-refractivity contribution is -0.114. The molecule has 0 aliphatic heterocycles. The summed E-state index contributed by atoms with van der Waals surface area (Å²) in [6.07, 6.45) is 2.21. The van der Waals surface area contributed by atoms with Gasteiger partial charge in [0.05, 0.1) is 17.8 Å². The number of carboxylic acids is 1. The molecule has 8 heteroatoms. The van der Waals surface area contributed by atoms with E-state index >= 15 is 0 Å². The van der Waals surface area contributed by atoms with Crippen molar-refractivity contribution in [3.8, 4) is 5.75 Å². The molecule has 1 aliphatic carbocycles. The van der Waals surface area contributed by atoms with Gasteiger partial charge in [0.15, 0.2) is 11.6 Å². The monoisotopic (exact) mass is 397 g/mol. The molecule has 1 heterocycles. The molecule has 3 aromatic rings. The van der Waals surface area contributed by atoms with Crippen molar-refractivity contribution >= 4 is 39.8 Å². The molecule has 2 aromatic carbocycles. The zero-order valence-corrected chi connectivity index (χ0v) is 15.7.